The number of nitrogens with one attached hydrogen (secondary N) is 2. The molecule has 0 spiro atoms. The van der Waals surface area contributed by atoms with Gasteiger partial charge >= 0.3 is 0 Å². The van der Waals surface area contributed by atoms with Crippen LogP contribution in [0.1, 0.15) is 22.5 Å². The van der Waals surface area contributed by atoms with Gasteiger partial charge < -0.3 is 19.8 Å². The van der Waals surface area contributed by atoms with Crippen LogP contribution in [0, 0.1) is 0 Å². The van der Waals surface area contributed by atoms with Crippen LogP contribution in [-0.4, -0.2) is 42.0 Å². The number of carbonyl (C=O) groups is 2. The van der Waals surface area contributed by atoms with Gasteiger partial charge in [-0.25, -0.2) is 0 Å². The smallest absolute Gasteiger partial charge is 0.247 e. The summed E-state index contributed by atoms with van der Waals surface area (Å²) in [5, 5.41) is 5.74. The molecule has 7 heteroatoms. The summed E-state index contributed by atoms with van der Waals surface area (Å²) in [5.74, 6) is 0.396. The minimum Gasteiger partial charge on any atom is -0.489 e. The molecule has 1 amide bonds. The topological polar surface area (TPSA) is 93.3 Å². The summed E-state index contributed by atoms with van der Waals surface area (Å²) < 4.78 is 10.8. The van der Waals surface area contributed by atoms with Crippen molar-refractivity contribution in [3.63, 3.8) is 0 Å². The number of aryl methyl sites for hydroxylation is 1. The first-order chi connectivity index (χ1) is 16.1. The molecule has 0 fully saturated rings. The highest BCUT2D eigenvalue weighted by molar-refractivity contribution is 6.17. The Bertz CT molecular complexity index is 1420. The van der Waals surface area contributed by atoms with Gasteiger partial charge in [0.1, 0.15) is 12.4 Å². The van der Waals surface area contributed by atoms with Crippen molar-refractivity contribution in [2.75, 3.05) is 25.6 Å². The average Bonchev–Trinajstić information content (AvgIpc) is 3.39. The number of ether oxygens (including phenoxy) is 2. The minimum atomic E-state index is -0.331. The van der Waals surface area contributed by atoms with E-state index in [1.54, 1.807) is 13.2 Å². The Balaban J connectivity index is 1.59. The third kappa shape index (κ3) is 3.76. The van der Waals surface area contributed by atoms with Crippen molar-refractivity contribution in [1.29, 1.82) is 0 Å². The van der Waals surface area contributed by atoms with Gasteiger partial charge in [-0.3, -0.25) is 14.6 Å². The quantitative estimate of drug-likeness (QED) is 0.321. The standard InChI is InChI=1S/C26H23N3O4/c1-3-24(31)28-21-12-15(5-9-23(21)33-11-10-32-2)20-13-18-16(14-27-20)4-6-17-25-19(29-26(17)18)7-8-22(25)30/h3-6,9,12-14,29H,1,7-8,10-11H2,2H3,(H,28,31). The van der Waals surface area contributed by atoms with Gasteiger partial charge in [-0.1, -0.05) is 18.7 Å². The Hall–Kier alpha value is -3.97. The molecule has 33 heavy (non-hydrogen) atoms. The van der Waals surface area contributed by atoms with E-state index >= 15 is 0 Å². The number of H-pyrrole nitrogens is 1. The molecule has 0 saturated heterocycles. The van der Waals surface area contributed by atoms with E-state index in [2.05, 4.69) is 21.9 Å². The molecule has 2 aromatic heterocycles. The number of rotatable bonds is 7. The second-order valence-electron chi connectivity index (χ2n) is 7.93. The maximum atomic E-state index is 12.3. The second-order valence-corrected chi connectivity index (χ2v) is 7.93. The van der Waals surface area contributed by atoms with E-state index in [0.717, 1.165) is 50.6 Å². The van der Waals surface area contributed by atoms with Crippen LogP contribution >= 0.6 is 0 Å². The van der Waals surface area contributed by atoms with Crippen LogP contribution < -0.4 is 10.1 Å². The number of amides is 1. The van der Waals surface area contributed by atoms with Crippen molar-refractivity contribution in [3.8, 4) is 17.0 Å². The lowest BCUT2D eigenvalue weighted by Crippen LogP contribution is -2.11. The van der Waals surface area contributed by atoms with Crippen LogP contribution in [0.5, 0.6) is 5.75 Å². The zero-order valence-corrected chi connectivity index (χ0v) is 18.2. The second kappa shape index (κ2) is 8.52. The molecular weight excluding hydrogens is 418 g/mol. The lowest BCUT2D eigenvalue weighted by molar-refractivity contribution is -0.111. The molecule has 2 aromatic carbocycles. The fourth-order valence-corrected chi connectivity index (χ4v) is 4.29. The summed E-state index contributed by atoms with van der Waals surface area (Å²) in [4.78, 5) is 32.4. The SMILES string of the molecule is C=CC(=O)Nc1cc(-c2cc3c(ccc4c5c([nH]c43)CCC5=O)cn2)ccc1OCCOC. The molecule has 4 aromatic rings. The van der Waals surface area contributed by atoms with Crippen molar-refractivity contribution in [2.45, 2.75) is 12.8 Å². The molecule has 166 valence electrons. The van der Waals surface area contributed by atoms with Crippen molar-refractivity contribution >= 4 is 39.1 Å². The first-order valence-corrected chi connectivity index (χ1v) is 10.7. The molecule has 0 aliphatic heterocycles. The highest BCUT2D eigenvalue weighted by Gasteiger charge is 2.25. The van der Waals surface area contributed by atoms with Gasteiger partial charge in [-0.15, -0.1) is 0 Å². The number of Topliss-reactive ketones (excluding diaryl/α,β-unsaturated/α-hetero) is 1. The van der Waals surface area contributed by atoms with Crippen molar-refractivity contribution in [2.24, 2.45) is 0 Å². The van der Waals surface area contributed by atoms with Gasteiger partial charge in [-0.05, 0) is 36.8 Å². The average molecular weight is 441 g/mol. The Morgan fingerprint density at radius 3 is 2.88 bits per heavy atom. The van der Waals surface area contributed by atoms with Crippen LogP contribution in [0.25, 0.3) is 32.9 Å². The Labute approximate surface area is 190 Å². The van der Waals surface area contributed by atoms with E-state index in [1.807, 2.05) is 36.5 Å². The van der Waals surface area contributed by atoms with Gasteiger partial charge in [0.05, 0.1) is 23.5 Å². The lowest BCUT2D eigenvalue weighted by atomic mass is 10.0. The monoisotopic (exact) mass is 441 g/mol. The predicted molar refractivity (Wildman–Crippen MR) is 128 cm³/mol. The number of hydrogen-bond donors (Lipinski definition) is 2. The summed E-state index contributed by atoms with van der Waals surface area (Å²) in [6.45, 7) is 4.31. The number of nitrogens with zero attached hydrogens (tertiary/aromatic N) is 1. The van der Waals surface area contributed by atoms with Gasteiger partial charge in [-0.2, -0.15) is 0 Å². The van der Waals surface area contributed by atoms with E-state index in [-0.39, 0.29) is 11.7 Å². The maximum Gasteiger partial charge on any atom is 0.247 e. The van der Waals surface area contributed by atoms with E-state index in [4.69, 9.17) is 9.47 Å². The molecule has 0 bridgehead atoms. The normalized spacial score (nSPS) is 12.8. The number of aromatic nitrogens is 2. The van der Waals surface area contributed by atoms with Gasteiger partial charge in [0.25, 0.3) is 0 Å². The zero-order chi connectivity index (χ0) is 22.9. The molecule has 1 aliphatic rings. The Kier molecular flexibility index (Phi) is 5.40. The van der Waals surface area contributed by atoms with Crippen molar-refractivity contribution in [3.05, 3.63) is 66.5 Å². The Morgan fingerprint density at radius 1 is 1.18 bits per heavy atom. The maximum absolute atomic E-state index is 12.3. The molecular formula is C26H23N3O4. The Morgan fingerprint density at radius 2 is 2.06 bits per heavy atom. The summed E-state index contributed by atoms with van der Waals surface area (Å²) >= 11 is 0. The molecule has 5 rings (SSSR count). The van der Waals surface area contributed by atoms with E-state index < -0.39 is 0 Å². The highest BCUT2D eigenvalue weighted by Crippen LogP contribution is 2.36. The van der Waals surface area contributed by atoms with Crippen LogP contribution in [-0.2, 0) is 16.0 Å². The number of methoxy groups -OCH3 is 1. The molecule has 2 N–H and O–H groups in total. The summed E-state index contributed by atoms with van der Waals surface area (Å²) in [5.41, 5.74) is 4.87. The van der Waals surface area contributed by atoms with Crippen LogP contribution in [0.3, 0.4) is 0 Å². The first-order valence-electron chi connectivity index (χ1n) is 10.7. The number of benzene rings is 2. The summed E-state index contributed by atoms with van der Waals surface area (Å²) in [6, 6.07) is 11.5. The van der Waals surface area contributed by atoms with Crippen molar-refractivity contribution in [1.82, 2.24) is 9.97 Å². The van der Waals surface area contributed by atoms with E-state index in [0.29, 0.717) is 31.1 Å². The van der Waals surface area contributed by atoms with E-state index in [1.165, 1.54) is 6.08 Å². The number of aromatic amines is 1. The lowest BCUT2D eigenvalue weighted by Gasteiger charge is -2.13. The van der Waals surface area contributed by atoms with Crippen LogP contribution in [0.4, 0.5) is 5.69 Å². The third-order valence-electron chi connectivity index (χ3n) is 5.89. The van der Waals surface area contributed by atoms with Gasteiger partial charge in [0, 0.05) is 52.7 Å². The van der Waals surface area contributed by atoms with Gasteiger partial charge in [0.2, 0.25) is 5.91 Å². The number of ketones is 1. The van der Waals surface area contributed by atoms with Crippen LogP contribution in [0.2, 0.25) is 0 Å². The fourth-order valence-electron chi connectivity index (χ4n) is 4.29. The van der Waals surface area contributed by atoms with E-state index in [9.17, 15) is 9.59 Å². The summed E-state index contributed by atoms with van der Waals surface area (Å²) in [7, 11) is 1.60. The molecule has 1 aliphatic carbocycles. The molecule has 2 heterocycles. The summed E-state index contributed by atoms with van der Waals surface area (Å²) in [6.07, 6.45) is 4.35. The fraction of sp³-hybridized carbons (Fsp3) is 0.192. The third-order valence-corrected chi connectivity index (χ3v) is 5.89. The van der Waals surface area contributed by atoms with Gasteiger partial charge in [0.15, 0.2) is 5.78 Å². The molecule has 0 saturated carbocycles. The number of carbonyl (C=O) groups excluding carboxylic acids is 2. The largest absolute Gasteiger partial charge is 0.489 e. The number of hydrogen-bond acceptors (Lipinski definition) is 5. The highest BCUT2D eigenvalue weighted by atomic mass is 16.5. The van der Waals surface area contributed by atoms with Crippen LogP contribution in [0.15, 0.2) is 55.3 Å². The number of pyridine rings is 1. The predicted octanol–water partition coefficient (Wildman–Crippen LogP) is 4.66. The minimum absolute atomic E-state index is 0.191. The molecule has 0 unspecified atom stereocenters. The molecule has 0 atom stereocenters. The number of fused-ring (bicyclic) bond motifs is 5. The zero-order valence-electron chi connectivity index (χ0n) is 18.2. The molecule has 7 nitrogen and oxygen atoms in total. The first kappa shape index (κ1) is 20.9. The number of anilines is 1. The van der Waals surface area contributed by atoms with Crippen molar-refractivity contribution < 1.29 is 19.1 Å². The molecule has 0 radical (unpaired) electrons.